The second-order valence-corrected chi connectivity index (χ2v) is 3.84. The summed E-state index contributed by atoms with van der Waals surface area (Å²) in [6, 6.07) is 7.39. The van der Waals surface area contributed by atoms with Crippen molar-refractivity contribution in [3.63, 3.8) is 0 Å². The number of hydrogen-bond acceptors (Lipinski definition) is 2. The molecular formula is C10H11ClN2S. The van der Waals surface area contributed by atoms with Crippen molar-refractivity contribution >= 4 is 34.5 Å². The molecule has 0 spiro atoms. The van der Waals surface area contributed by atoms with Gasteiger partial charge in [-0.05, 0) is 25.1 Å². The molecular weight excluding hydrogens is 216 g/mol. The number of nitrogens with one attached hydrogen (secondary N) is 2. The molecule has 0 saturated carbocycles. The molecule has 0 aromatic heterocycles. The summed E-state index contributed by atoms with van der Waals surface area (Å²) in [6.45, 7) is 5.56. The van der Waals surface area contributed by atoms with Gasteiger partial charge in [0.05, 0.1) is 4.99 Å². The van der Waals surface area contributed by atoms with Crippen LogP contribution in [0.3, 0.4) is 0 Å². The highest BCUT2D eigenvalue weighted by Gasteiger charge is 1.96. The van der Waals surface area contributed by atoms with Gasteiger partial charge in [0.2, 0.25) is 0 Å². The lowest BCUT2D eigenvalue weighted by Crippen LogP contribution is -2.21. The normalized spacial score (nSPS) is 9.29. The Labute approximate surface area is 94.0 Å². The molecule has 1 aromatic rings. The van der Waals surface area contributed by atoms with E-state index in [1.807, 2.05) is 24.3 Å². The Morgan fingerprint density at radius 3 is 2.79 bits per heavy atom. The van der Waals surface area contributed by atoms with E-state index in [0.29, 0.717) is 15.8 Å². The average Bonchev–Trinajstić information content (AvgIpc) is 2.01. The summed E-state index contributed by atoms with van der Waals surface area (Å²) in [6.07, 6.45) is 0. The standard InChI is InChI=1S/C10H11ClN2S/c1-7(12-8(2)14)13-10-5-3-4-9(11)6-10/h3-6,13H,1H2,2H3,(H,12,14). The van der Waals surface area contributed by atoms with Crippen LogP contribution in [0.25, 0.3) is 0 Å². The fourth-order valence-corrected chi connectivity index (χ4v) is 1.30. The van der Waals surface area contributed by atoms with Crippen LogP contribution >= 0.6 is 23.8 Å². The van der Waals surface area contributed by atoms with E-state index >= 15 is 0 Å². The molecule has 0 fully saturated rings. The first-order valence-electron chi connectivity index (χ1n) is 4.07. The molecule has 0 amide bonds. The van der Waals surface area contributed by atoms with Gasteiger partial charge in [-0.2, -0.15) is 0 Å². The molecule has 2 N–H and O–H groups in total. The summed E-state index contributed by atoms with van der Waals surface area (Å²) in [7, 11) is 0. The molecule has 2 nitrogen and oxygen atoms in total. The van der Waals surface area contributed by atoms with Crippen LogP contribution in [0.5, 0.6) is 0 Å². The van der Waals surface area contributed by atoms with Gasteiger partial charge < -0.3 is 10.6 Å². The van der Waals surface area contributed by atoms with Gasteiger partial charge in [0.15, 0.2) is 0 Å². The van der Waals surface area contributed by atoms with Crippen molar-refractivity contribution < 1.29 is 0 Å². The van der Waals surface area contributed by atoms with Crippen LogP contribution < -0.4 is 10.6 Å². The van der Waals surface area contributed by atoms with Crippen molar-refractivity contribution in [2.24, 2.45) is 0 Å². The summed E-state index contributed by atoms with van der Waals surface area (Å²) in [5.41, 5.74) is 0.881. The third-order valence-corrected chi connectivity index (χ3v) is 1.78. The predicted octanol–water partition coefficient (Wildman–Crippen LogP) is 3.16. The molecule has 0 bridgehead atoms. The van der Waals surface area contributed by atoms with Crippen LogP contribution in [-0.4, -0.2) is 4.99 Å². The Balaban J connectivity index is 2.60. The highest BCUT2D eigenvalue weighted by atomic mass is 35.5. The number of benzene rings is 1. The lowest BCUT2D eigenvalue weighted by Gasteiger charge is -2.10. The van der Waals surface area contributed by atoms with Crippen LogP contribution in [0.15, 0.2) is 36.7 Å². The van der Waals surface area contributed by atoms with Gasteiger partial charge in [-0.3, -0.25) is 0 Å². The third-order valence-electron chi connectivity index (χ3n) is 1.45. The molecule has 0 unspecified atom stereocenters. The monoisotopic (exact) mass is 226 g/mol. The summed E-state index contributed by atoms with van der Waals surface area (Å²) >= 11 is 10.7. The summed E-state index contributed by atoms with van der Waals surface area (Å²) in [5.74, 6) is 0.639. The quantitative estimate of drug-likeness (QED) is 0.775. The van der Waals surface area contributed by atoms with Crippen molar-refractivity contribution in [3.05, 3.63) is 41.7 Å². The van der Waals surface area contributed by atoms with Crippen molar-refractivity contribution in [1.82, 2.24) is 5.32 Å². The first-order chi connectivity index (χ1) is 6.58. The van der Waals surface area contributed by atoms with Crippen LogP contribution in [-0.2, 0) is 0 Å². The average molecular weight is 227 g/mol. The van der Waals surface area contributed by atoms with Gasteiger partial charge in [0.1, 0.15) is 5.82 Å². The Hall–Kier alpha value is -1.06. The summed E-state index contributed by atoms with van der Waals surface area (Å²) in [4.78, 5) is 0.671. The Kier molecular flexibility index (Phi) is 3.92. The van der Waals surface area contributed by atoms with Gasteiger partial charge in [0.25, 0.3) is 0 Å². The highest BCUT2D eigenvalue weighted by molar-refractivity contribution is 7.80. The van der Waals surface area contributed by atoms with E-state index in [1.165, 1.54) is 0 Å². The first-order valence-corrected chi connectivity index (χ1v) is 4.85. The maximum Gasteiger partial charge on any atom is 0.101 e. The third kappa shape index (κ3) is 3.77. The topological polar surface area (TPSA) is 24.1 Å². The number of hydrogen-bond donors (Lipinski definition) is 2. The van der Waals surface area contributed by atoms with Crippen LogP contribution in [0.2, 0.25) is 5.02 Å². The van der Waals surface area contributed by atoms with Gasteiger partial charge in [-0.1, -0.05) is 36.5 Å². The molecule has 0 aliphatic heterocycles. The minimum absolute atomic E-state index is 0.639. The van der Waals surface area contributed by atoms with Crippen molar-refractivity contribution in [2.45, 2.75) is 6.92 Å². The minimum Gasteiger partial charge on any atom is -0.342 e. The van der Waals surface area contributed by atoms with E-state index in [1.54, 1.807) is 6.92 Å². The maximum atomic E-state index is 5.82. The van der Waals surface area contributed by atoms with Crippen LogP contribution in [0.4, 0.5) is 5.69 Å². The largest absolute Gasteiger partial charge is 0.342 e. The SMILES string of the molecule is C=C(NC(C)=S)Nc1cccc(Cl)c1. The zero-order chi connectivity index (χ0) is 10.6. The fraction of sp³-hybridized carbons (Fsp3) is 0.100. The molecule has 0 heterocycles. The molecule has 0 saturated heterocycles. The Morgan fingerprint density at radius 2 is 2.21 bits per heavy atom. The molecule has 14 heavy (non-hydrogen) atoms. The fourth-order valence-electron chi connectivity index (χ4n) is 0.984. The van der Waals surface area contributed by atoms with Crippen molar-refractivity contribution in [1.29, 1.82) is 0 Å². The lowest BCUT2D eigenvalue weighted by molar-refractivity contribution is 1.15. The van der Waals surface area contributed by atoms with Crippen molar-refractivity contribution in [3.8, 4) is 0 Å². The molecule has 0 atom stereocenters. The number of rotatable bonds is 3. The number of anilines is 1. The van der Waals surface area contributed by atoms with Gasteiger partial charge in [-0.15, -0.1) is 0 Å². The second-order valence-electron chi connectivity index (χ2n) is 2.80. The van der Waals surface area contributed by atoms with Gasteiger partial charge >= 0.3 is 0 Å². The number of halogens is 1. The van der Waals surface area contributed by atoms with E-state index in [9.17, 15) is 0 Å². The van der Waals surface area contributed by atoms with E-state index in [4.69, 9.17) is 23.8 Å². The summed E-state index contributed by atoms with van der Waals surface area (Å²) < 4.78 is 0. The summed E-state index contributed by atoms with van der Waals surface area (Å²) in [5, 5.41) is 6.61. The molecule has 4 heteroatoms. The second kappa shape index (κ2) is 4.98. The molecule has 74 valence electrons. The zero-order valence-corrected chi connectivity index (χ0v) is 9.38. The smallest absolute Gasteiger partial charge is 0.101 e. The zero-order valence-electron chi connectivity index (χ0n) is 7.80. The van der Waals surface area contributed by atoms with E-state index in [-0.39, 0.29) is 0 Å². The number of thiocarbonyl (C=S) groups is 1. The molecule has 0 aliphatic rings. The van der Waals surface area contributed by atoms with Crippen LogP contribution in [0, 0.1) is 0 Å². The molecule has 1 rings (SSSR count). The molecule has 1 aromatic carbocycles. The molecule has 0 aliphatic carbocycles. The lowest BCUT2D eigenvalue weighted by atomic mass is 10.3. The van der Waals surface area contributed by atoms with Crippen molar-refractivity contribution in [2.75, 3.05) is 5.32 Å². The van der Waals surface area contributed by atoms with E-state index in [2.05, 4.69) is 17.2 Å². The van der Waals surface area contributed by atoms with Gasteiger partial charge in [0, 0.05) is 10.7 Å². The predicted molar refractivity (Wildman–Crippen MR) is 65.6 cm³/mol. The van der Waals surface area contributed by atoms with E-state index in [0.717, 1.165) is 5.69 Å². The van der Waals surface area contributed by atoms with Crippen LogP contribution in [0.1, 0.15) is 6.92 Å². The highest BCUT2D eigenvalue weighted by Crippen LogP contribution is 2.15. The van der Waals surface area contributed by atoms with Gasteiger partial charge in [-0.25, -0.2) is 0 Å². The molecule has 0 radical (unpaired) electrons. The van der Waals surface area contributed by atoms with E-state index < -0.39 is 0 Å². The Bertz CT molecular complexity index is 363. The first kappa shape index (κ1) is 11.0. The minimum atomic E-state index is 0.639. The Morgan fingerprint density at radius 1 is 1.50 bits per heavy atom. The maximum absolute atomic E-state index is 5.82.